The molecule has 232 valence electrons. The van der Waals surface area contributed by atoms with Gasteiger partial charge >= 0.3 is 6.09 Å². The normalized spacial score (nSPS) is 24.0. The first kappa shape index (κ1) is 29.1. The first-order valence-electron chi connectivity index (χ1n) is 15.4. The van der Waals surface area contributed by atoms with E-state index in [1.807, 2.05) is 54.2 Å². The van der Waals surface area contributed by atoms with Gasteiger partial charge in [-0.3, -0.25) is 4.90 Å². The Labute approximate surface area is 261 Å². The number of fused-ring (bicyclic) bond motifs is 3. The van der Waals surface area contributed by atoms with Crippen LogP contribution in [-0.4, -0.2) is 86.5 Å². The van der Waals surface area contributed by atoms with Crippen molar-refractivity contribution in [3.05, 3.63) is 42.2 Å². The Hall–Kier alpha value is -3.61. The minimum atomic E-state index is -0.532. The molecule has 1 aromatic carbocycles. The standard InChI is InChI=1S/C32H39N7O4S/c1-32(2,3)43-31(40)39-22-13-21(14-23(39)18-41-17-22)37(4)27-11-10-26(35-36-27)25-9-8-24(29-30(25)44-19-33-29)20-15-34-38(16-20)28-7-5-6-12-42-28/h8-11,15-16,19,21-23,28H,5-7,12-14,17-18H2,1-4H3. The minimum absolute atomic E-state index is 0.0000732. The van der Waals surface area contributed by atoms with E-state index in [9.17, 15) is 4.79 Å². The highest BCUT2D eigenvalue weighted by Crippen LogP contribution is 2.38. The molecule has 2 bridgehead atoms. The zero-order valence-electron chi connectivity index (χ0n) is 25.7. The van der Waals surface area contributed by atoms with Crippen LogP contribution in [0.1, 0.15) is 59.1 Å². The van der Waals surface area contributed by atoms with Gasteiger partial charge in [0.25, 0.3) is 0 Å². The van der Waals surface area contributed by atoms with Gasteiger partial charge in [0.1, 0.15) is 11.8 Å². The van der Waals surface area contributed by atoms with Crippen molar-refractivity contribution in [3.63, 3.8) is 0 Å². The van der Waals surface area contributed by atoms with Gasteiger partial charge in [-0.25, -0.2) is 14.5 Å². The maximum atomic E-state index is 13.0. The van der Waals surface area contributed by atoms with Crippen molar-refractivity contribution >= 4 is 33.5 Å². The van der Waals surface area contributed by atoms with Crippen LogP contribution in [0.25, 0.3) is 32.6 Å². The van der Waals surface area contributed by atoms with Crippen LogP contribution in [0.3, 0.4) is 0 Å². The Bertz CT molecular complexity index is 1610. The topological polar surface area (TPSA) is 108 Å². The number of morpholine rings is 1. The van der Waals surface area contributed by atoms with Gasteiger partial charge in [-0.1, -0.05) is 12.1 Å². The monoisotopic (exact) mass is 617 g/mol. The van der Waals surface area contributed by atoms with Crippen LogP contribution < -0.4 is 4.90 Å². The molecule has 3 saturated heterocycles. The number of hydrogen-bond acceptors (Lipinski definition) is 10. The summed E-state index contributed by atoms with van der Waals surface area (Å²) in [5.41, 5.74) is 6.17. The Kier molecular flexibility index (Phi) is 7.75. The summed E-state index contributed by atoms with van der Waals surface area (Å²) in [7, 11) is 2.06. The molecule has 3 unspecified atom stereocenters. The molecule has 1 amide bonds. The van der Waals surface area contributed by atoms with Crippen molar-refractivity contribution in [1.29, 1.82) is 0 Å². The number of ether oxygens (including phenoxy) is 3. The molecule has 3 atom stereocenters. The molecule has 3 aliphatic heterocycles. The van der Waals surface area contributed by atoms with Crippen molar-refractivity contribution < 1.29 is 19.0 Å². The van der Waals surface area contributed by atoms with Gasteiger partial charge in [0.15, 0.2) is 5.82 Å². The Morgan fingerprint density at radius 1 is 1.07 bits per heavy atom. The summed E-state index contributed by atoms with van der Waals surface area (Å²) in [5, 5.41) is 13.9. The second-order valence-electron chi connectivity index (χ2n) is 13.0. The number of thiazole rings is 1. The molecular formula is C32H39N7O4S. The van der Waals surface area contributed by atoms with Crippen molar-refractivity contribution in [2.45, 2.75) is 82.8 Å². The summed E-state index contributed by atoms with van der Waals surface area (Å²) in [6.45, 7) is 7.51. The van der Waals surface area contributed by atoms with Crippen molar-refractivity contribution in [1.82, 2.24) is 29.9 Å². The molecule has 0 N–H and O–H groups in total. The summed E-state index contributed by atoms with van der Waals surface area (Å²) < 4.78 is 20.5. The van der Waals surface area contributed by atoms with Crippen LogP contribution in [-0.2, 0) is 14.2 Å². The number of carbonyl (C=O) groups excluding carboxylic acids is 1. The van der Waals surface area contributed by atoms with E-state index in [1.54, 1.807) is 11.3 Å². The third kappa shape index (κ3) is 5.66. The molecule has 3 aromatic heterocycles. The lowest BCUT2D eigenvalue weighted by Gasteiger charge is -2.50. The van der Waals surface area contributed by atoms with Crippen LogP contribution >= 0.6 is 11.3 Å². The first-order valence-corrected chi connectivity index (χ1v) is 16.3. The Morgan fingerprint density at radius 2 is 1.86 bits per heavy atom. The number of rotatable bonds is 5. The molecule has 6 heterocycles. The maximum absolute atomic E-state index is 13.0. The van der Waals surface area contributed by atoms with Gasteiger partial charge in [0.2, 0.25) is 0 Å². The highest BCUT2D eigenvalue weighted by atomic mass is 32.1. The minimum Gasteiger partial charge on any atom is -0.444 e. The fourth-order valence-corrected chi connectivity index (χ4v) is 7.45. The predicted molar refractivity (Wildman–Crippen MR) is 169 cm³/mol. The maximum Gasteiger partial charge on any atom is 0.410 e. The molecule has 0 spiro atoms. The number of aromatic nitrogens is 5. The van der Waals surface area contributed by atoms with Gasteiger partial charge in [-0.05, 0) is 65.0 Å². The second kappa shape index (κ2) is 11.7. The first-order chi connectivity index (χ1) is 21.2. The van der Waals surface area contributed by atoms with E-state index in [0.29, 0.717) is 13.2 Å². The van der Waals surface area contributed by atoms with Gasteiger partial charge < -0.3 is 19.1 Å². The quantitative estimate of drug-likeness (QED) is 0.270. The number of benzene rings is 1. The van der Waals surface area contributed by atoms with Gasteiger partial charge in [0, 0.05) is 42.6 Å². The summed E-state index contributed by atoms with van der Waals surface area (Å²) in [6, 6.07) is 8.41. The molecule has 44 heavy (non-hydrogen) atoms. The van der Waals surface area contributed by atoms with Gasteiger partial charge in [-0.15, -0.1) is 21.5 Å². The number of nitrogens with zero attached hydrogens (tertiary/aromatic N) is 7. The Balaban J connectivity index is 1.08. The van der Waals surface area contributed by atoms with Crippen molar-refractivity contribution in [2.24, 2.45) is 0 Å². The van der Waals surface area contributed by atoms with Crippen LogP contribution in [0.15, 0.2) is 42.2 Å². The number of carbonyl (C=O) groups is 1. The average Bonchev–Trinajstić information content (AvgIpc) is 3.70. The molecule has 4 aromatic rings. The molecule has 11 nitrogen and oxygen atoms in total. The van der Waals surface area contributed by atoms with Crippen LogP contribution in [0.5, 0.6) is 0 Å². The zero-order chi connectivity index (χ0) is 30.4. The lowest BCUT2D eigenvalue weighted by molar-refractivity contribution is -0.0820. The van der Waals surface area contributed by atoms with E-state index in [1.165, 1.54) is 0 Å². The van der Waals surface area contributed by atoms with Gasteiger partial charge in [-0.2, -0.15) is 5.10 Å². The number of hydrogen-bond donors (Lipinski definition) is 0. The highest BCUT2D eigenvalue weighted by molar-refractivity contribution is 7.17. The molecule has 3 fully saturated rings. The average molecular weight is 618 g/mol. The third-order valence-electron chi connectivity index (χ3n) is 8.78. The molecule has 12 heteroatoms. The number of piperidine rings is 1. The predicted octanol–water partition coefficient (Wildman–Crippen LogP) is 5.92. The number of anilines is 1. The van der Waals surface area contributed by atoms with E-state index >= 15 is 0 Å². The summed E-state index contributed by atoms with van der Waals surface area (Å²) in [5.74, 6) is 0.804. The van der Waals surface area contributed by atoms with Crippen LogP contribution in [0, 0.1) is 0 Å². The summed E-state index contributed by atoms with van der Waals surface area (Å²) in [6.07, 6.45) is 8.51. The molecular weight excluding hydrogens is 578 g/mol. The zero-order valence-corrected chi connectivity index (χ0v) is 26.5. The molecule has 0 saturated carbocycles. The molecule has 3 aliphatic rings. The molecule has 7 rings (SSSR count). The molecule has 0 radical (unpaired) electrons. The van der Waals surface area contributed by atoms with Crippen LogP contribution in [0.2, 0.25) is 0 Å². The van der Waals surface area contributed by atoms with Crippen molar-refractivity contribution in [2.75, 3.05) is 31.8 Å². The second-order valence-corrected chi connectivity index (χ2v) is 13.8. The summed E-state index contributed by atoms with van der Waals surface area (Å²) >= 11 is 1.61. The van der Waals surface area contributed by atoms with E-state index in [0.717, 1.165) is 77.1 Å². The van der Waals surface area contributed by atoms with Gasteiger partial charge in [0.05, 0.1) is 52.9 Å². The van der Waals surface area contributed by atoms with E-state index in [2.05, 4.69) is 45.6 Å². The smallest absolute Gasteiger partial charge is 0.410 e. The SMILES string of the molecule is CN(c1ccc(-c2ccc(-c3cnn(C4CCCCO4)c3)c3ncsc23)nn1)C1CC2COCC(C1)N2C(=O)OC(C)(C)C. The van der Waals surface area contributed by atoms with Crippen molar-refractivity contribution in [3.8, 4) is 22.4 Å². The van der Waals surface area contributed by atoms with E-state index in [4.69, 9.17) is 19.2 Å². The van der Waals surface area contributed by atoms with E-state index in [-0.39, 0.29) is 30.4 Å². The fourth-order valence-electron chi connectivity index (χ4n) is 6.61. The number of amides is 1. The fraction of sp³-hybridized carbons (Fsp3) is 0.531. The summed E-state index contributed by atoms with van der Waals surface area (Å²) in [4.78, 5) is 21.8. The largest absolute Gasteiger partial charge is 0.444 e. The Morgan fingerprint density at radius 3 is 2.57 bits per heavy atom. The molecule has 0 aliphatic carbocycles. The lowest BCUT2D eigenvalue weighted by Crippen LogP contribution is -2.62. The lowest BCUT2D eigenvalue weighted by atomic mass is 9.89. The third-order valence-corrected chi connectivity index (χ3v) is 9.64. The van der Waals surface area contributed by atoms with E-state index < -0.39 is 5.60 Å². The highest BCUT2D eigenvalue weighted by Gasteiger charge is 2.44. The van der Waals surface area contributed by atoms with Crippen LogP contribution in [0.4, 0.5) is 10.6 Å².